The van der Waals surface area contributed by atoms with Crippen LogP contribution in [0.3, 0.4) is 0 Å². The van der Waals surface area contributed by atoms with E-state index in [4.69, 9.17) is 0 Å². The number of rotatable bonds is 0. The molecule has 3 heteroatoms. The third kappa shape index (κ3) is 0.455. The number of hydrogen-bond acceptors (Lipinski definition) is 1. The van der Waals surface area contributed by atoms with Crippen LogP contribution < -0.4 is 0 Å². The number of aliphatic imine (C=N–C) groups is 1. The molecular formula is C6H4N2O. The van der Waals surface area contributed by atoms with E-state index in [1.807, 2.05) is 0 Å². The molecule has 1 aromatic heterocycles. The molecule has 0 aromatic carbocycles. The summed E-state index contributed by atoms with van der Waals surface area (Å²) in [7, 11) is 0. The molecule has 0 spiro atoms. The molecule has 1 amide bonds. The largest absolute Gasteiger partial charge is 0.360 e. The molecule has 3 nitrogen and oxygen atoms in total. The van der Waals surface area contributed by atoms with Crippen LogP contribution in [-0.2, 0) is 0 Å². The molecule has 0 unspecified atom stereocenters. The Morgan fingerprint density at radius 1 is 1.56 bits per heavy atom. The molecule has 0 fully saturated rings. The minimum atomic E-state index is -0.147. The van der Waals surface area contributed by atoms with E-state index in [-0.39, 0.29) is 5.91 Å². The van der Waals surface area contributed by atoms with Crippen LogP contribution in [0.4, 0.5) is 0 Å². The highest BCUT2D eigenvalue weighted by atomic mass is 16.1. The minimum absolute atomic E-state index is 0.147. The first-order valence-corrected chi connectivity index (χ1v) is 2.64. The zero-order valence-corrected chi connectivity index (χ0v) is 4.59. The van der Waals surface area contributed by atoms with Gasteiger partial charge in [-0.05, 0) is 6.07 Å². The van der Waals surface area contributed by atoms with Crippen molar-refractivity contribution in [1.29, 1.82) is 0 Å². The SMILES string of the molecule is O=C1N=Cc2[nH]ccc21. The van der Waals surface area contributed by atoms with Gasteiger partial charge in [-0.2, -0.15) is 0 Å². The molecule has 1 aliphatic rings. The average molecular weight is 120 g/mol. The van der Waals surface area contributed by atoms with Crippen molar-refractivity contribution in [1.82, 2.24) is 4.98 Å². The van der Waals surface area contributed by atoms with Crippen molar-refractivity contribution in [2.75, 3.05) is 0 Å². The first-order valence-electron chi connectivity index (χ1n) is 2.64. The Labute approximate surface area is 51.4 Å². The fraction of sp³-hybridized carbons (Fsp3) is 0. The van der Waals surface area contributed by atoms with Crippen LogP contribution >= 0.6 is 0 Å². The Morgan fingerprint density at radius 2 is 2.44 bits per heavy atom. The molecule has 2 rings (SSSR count). The zero-order valence-electron chi connectivity index (χ0n) is 4.59. The predicted octanol–water partition coefficient (Wildman–Crippen LogP) is 0.587. The van der Waals surface area contributed by atoms with Crippen molar-refractivity contribution in [2.24, 2.45) is 4.99 Å². The molecule has 0 atom stereocenters. The van der Waals surface area contributed by atoms with Crippen molar-refractivity contribution in [3.63, 3.8) is 0 Å². The molecule has 0 bridgehead atoms. The van der Waals surface area contributed by atoms with Gasteiger partial charge in [0.1, 0.15) is 0 Å². The van der Waals surface area contributed by atoms with E-state index in [1.165, 1.54) is 6.21 Å². The van der Waals surface area contributed by atoms with Gasteiger partial charge in [-0.25, -0.2) is 4.99 Å². The number of H-pyrrole nitrogens is 1. The van der Waals surface area contributed by atoms with Gasteiger partial charge in [0.25, 0.3) is 5.91 Å². The maximum absolute atomic E-state index is 10.7. The lowest BCUT2D eigenvalue weighted by Gasteiger charge is -1.77. The summed E-state index contributed by atoms with van der Waals surface area (Å²) in [5.41, 5.74) is 1.50. The van der Waals surface area contributed by atoms with Gasteiger partial charge in [-0.3, -0.25) is 4.79 Å². The number of aromatic nitrogens is 1. The minimum Gasteiger partial charge on any atom is -0.360 e. The highest BCUT2D eigenvalue weighted by Gasteiger charge is 2.14. The number of fused-ring (bicyclic) bond motifs is 1. The molecule has 1 N–H and O–H groups in total. The lowest BCUT2D eigenvalue weighted by molar-refractivity contribution is 0.101. The summed E-state index contributed by atoms with van der Waals surface area (Å²) >= 11 is 0. The summed E-state index contributed by atoms with van der Waals surface area (Å²) < 4.78 is 0. The number of carbonyl (C=O) groups is 1. The molecular weight excluding hydrogens is 116 g/mol. The second kappa shape index (κ2) is 1.31. The van der Waals surface area contributed by atoms with Gasteiger partial charge in [-0.1, -0.05) is 0 Å². The fourth-order valence-electron chi connectivity index (χ4n) is 0.868. The van der Waals surface area contributed by atoms with E-state index in [1.54, 1.807) is 12.3 Å². The molecule has 2 heterocycles. The van der Waals surface area contributed by atoms with E-state index >= 15 is 0 Å². The van der Waals surface area contributed by atoms with Gasteiger partial charge in [0.2, 0.25) is 0 Å². The van der Waals surface area contributed by atoms with Gasteiger partial charge >= 0.3 is 0 Å². The van der Waals surface area contributed by atoms with Gasteiger partial charge in [0.15, 0.2) is 0 Å². The number of carbonyl (C=O) groups excluding carboxylic acids is 1. The Kier molecular flexibility index (Phi) is 0.656. The first-order chi connectivity index (χ1) is 4.38. The van der Waals surface area contributed by atoms with Gasteiger partial charge < -0.3 is 4.98 Å². The van der Waals surface area contributed by atoms with Crippen LogP contribution in [0.15, 0.2) is 17.3 Å². The molecule has 44 valence electrons. The van der Waals surface area contributed by atoms with Crippen molar-refractivity contribution in [3.8, 4) is 0 Å². The smallest absolute Gasteiger partial charge is 0.279 e. The number of nitrogens with zero attached hydrogens (tertiary/aromatic N) is 1. The summed E-state index contributed by atoms with van der Waals surface area (Å²) in [6, 6.07) is 1.73. The Bertz CT molecular complexity index is 285. The molecule has 1 aliphatic heterocycles. The lowest BCUT2D eigenvalue weighted by atomic mass is 10.3. The third-order valence-electron chi connectivity index (χ3n) is 1.32. The second-order valence-corrected chi connectivity index (χ2v) is 1.87. The normalized spacial score (nSPS) is 14.4. The molecule has 0 saturated carbocycles. The summed E-state index contributed by atoms with van der Waals surface area (Å²) in [6.45, 7) is 0. The van der Waals surface area contributed by atoms with E-state index in [0.29, 0.717) is 5.56 Å². The van der Waals surface area contributed by atoms with E-state index in [0.717, 1.165) is 5.69 Å². The van der Waals surface area contributed by atoms with Crippen molar-refractivity contribution >= 4 is 12.1 Å². The van der Waals surface area contributed by atoms with Crippen molar-refractivity contribution < 1.29 is 4.79 Å². The van der Waals surface area contributed by atoms with Crippen LogP contribution in [0.25, 0.3) is 0 Å². The number of amides is 1. The molecule has 0 saturated heterocycles. The molecule has 9 heavy (non-hydrogen) atoms. The highest BCUT2D eigenvalue weighted by molar-refractivity contribution is 6.11. The van der Waals surface area contributed by atoms with Crippen molar-refractivity contribution in [2.45, 2.75) is 0 Å². The maximum atomic E-state index is 10.7. The van der Waals surface area contributed by atoms with Gasteiger partial charge in [0.05, 0.1) is 17.5 Å². The van der Waals surface area contributed by atoms with Gasteiger partial charge in [-0.15, -0.1) is 0 Å². The first kappa shape index (κ1) is 4.49. The number of aromatic amines is 1. The third-order valence-corrected chi connectivity index (χ3v) is 1.32. The predicted molar refractivity (Wildman–Crippen MR) is 32.7 cm³/mol. The second-order valence-electron chi connectivity index (χ2n) is 1.87. The monoisotopic (exact) mass is 120 g/mol. The molecule has 1 aromatic rings. The molecule has 0 aliphatic carbocycles. The quantitative estimate of drug-likeness (QED) is 0.535. The average Bonchev–Trinajstić information content (AvgIpc) is 2.35. The van der Waals surface area contributed by atoms with Crippen LogP contribution in [-0.4, -0.2) is 17.1 Å². The van der Waals surface area contributed by atoms with Gasteiger partial charge in [0, 0.05) is 6.20 Å². The Morgan fingerprint density at radius 3 is 3.22 bits per heavy atom. The molecule has 0 radical (unpaired) electrons. The van der Waals surface area contributed by atoms with Crippen LogP contribution in [0.2, 0.25) is 0 Å². The van der Waals surface area contributed by atoms with Crippen molar-refractivity contribution in [3.05, 3.63) is 23.5 Å². The zero-order chi connectivity index (χ0) is 6.27. The number of hydrogen-bond donors (Lipinski definition) is 1. The summed E-state index contributed by atoms with van der Waals surface area (Å²) in [5.74, 6) is -0.147. The van der Waals surface area contributed by atoms with E-state index < -0.39 is 0 Å². The topological polar surface area (TPSA) is 45.2 Å². The Balaban J connectivity index is 2.73. The number of nitrogens with one attached hydrogen (secondary N) is 1. The van der Waals surface area contributed by atoms with E-state index in [9.17, 15) is 4.79 Å². The van der Waals surface area contributed by atoms with Crippen LogP contribution in [0.5, 0.6) is 0 Å². The summed E-state index contributed by atoms with van der Waals surface area (Å²) in [4.78, 5) is 17.2. The van der Waals surface area contributed by atoms with Crippen LogP contribution in [0, 0.1) is 0 Å². The standard InChI is InChI=1S/C6H4N2O/c9-6-4-1-2-7-5(4)3-8-6/h1-3,7H. The van der Waals surface area contributed by atoms with Crippen LogP contribution in [0.1, 0.15) is 16.1 Å². The summed E-state index contributed by atoms with van der Waals surface area (Å²) in [6.07, 6.45) is 3.27. The van der Waals surface area contributed by atoms with E-state index in [2.05, 4.69) is 9.98 Å². The summed E-state index contributed by atoms with van der Waals surface area (Å²) in [5, 5.41) is 0. The lowest BCUT2D eigenvalue weighted by Crippen LogP contribution is -1.85. The Hall–Kier alpha value is -1.38. The highest BCUT2D eigenvalue weighted by Crippen LogP contribution is 2.10. The fourth-order valence-corrected chi connectivity index (χ4v) is 0.868. The maximum Gasteiger partial charge on any atom is 0.279 e.